The zero-order chi connectivity index (χ0) is 9.83. The first-order valence-corrected chi connectivity index (χ1v) is 5.36. The van der Waals surface area contributed by atoms with E-state index >= 15 is 0 Å². The number of hydrogen-bond acceptors (Lipinski definition) is 0. The first-order valence-electron chi connectivity index (χ1n) is 5.36. The largest absolute Gasteiger partial charge is 0.0619 e. The van der Waals surface area contributed by atoms with Crippen LogP contribution in [-0.2, 0) is 6.42 Å². The molecule has 0 saturated heterocycles. The second-order valence-corrected chi connectivity index (χ2v) is 4.26. The predicted octanol–water partition coefficient (Wildman–Crippen LogP) is 3.74. The maximum atomic E-state index is 2.27. The van der Waals surface area contributed by atoms with E-state index < -0.39 is 0 Å². The maximum absolute atomic E-state index is 2.27. The summed E-state index contributed by atoms with van der Waals surface area (Å²) in [5.41, 5.74) is 8.73. The monoisotopic (exact) mass is 190 g/mol. The van der Waals surface area contributed by atoms with Crippen molar-refractivity contribution in [3.63, 3.8) is 0 Å². The maximum Gasteiger partial charge on any atom is -0.000729 e. The lowest BCUT2D eigenvalue weighted by Crippen LogP contribution is -1.95. The SMILES string of the molecule is C1=Cc2c1ccc1c2Cc2ccccc2-1. The van der Waals surface area contributed by atoms with Crippen molar-refractivity contribution in [2.45, 2.75) is 6.42 Å². The molecule has 0 nitrogen and oxygen atoms in total. The Balaban J connectivity index is 2.06. The summed E-state index contributed by atoms with van der Waals surface area (Å²) in [5, 5.41) is 0. The van der Waals surface area contributed by atoms with Crippen molar-refractivity contribution >= 4 is 12.2 Å². The van der Waals surface area contributed by atoms with E-state index in [-0.39, 0.29) is 0 Å². The Morgan fingerprint density at radius 1 is 0.800 bits per heavy atom. The van der Waals surface area contributed by atoms with Gasteiger partial charge in [-0.15, -0.1) is 0 Å². The van der Waals surface area contributed by atoms with E-state index in [1.54, 1.807) is 0 Å². The lowest BCUT2D eigenvalue weighted by atomic mass is 9.89. The van der Waals surface area contributed by atoms with Crippen LogP contribution < -0.4 is 0 Å². The van der Waals surface area contributed by atoms with Gasteiger partial charge in [-0.2, -0.15) is 0 Å². The fraction of sp³-hybridized carbons (Fsp3) is 0.0667. The van der Waals surface area contributed by atoms with Gasteiger partial charge >= 0.3 is 0 Å². The van der Waals surface area contributed by atoms with Gasteiger partial charge in [-0.05, 0) is 39.8 Å². The van der Waals surface area contributed by atoms with Crippen LogP contribution >= 0.6 is 0 Å². The second kappa shape index (κ2) is 2.40. The highest BCUT2D eigenvalue weighted by Gasteiger charge is 2.22. The minimum atomic E-state index is 1.11. The summed E-state index contributed by atoms with van der Waals surface area (Å²) < 4.78 is 0. The van der Waals surface area contributed by atoms with Crippen molar-refractivity contribution in [3.05, 3.63) is 58.7 Å². The van der Waals surface area contributed by atoms with Gasteiger partial charge in [0.2, 0.25) is 0 Å². The Labute approximate surface area is 88.9 Å². The van der Waals surface area contributed by atoms with E-state index in [0.29, 0.717) is 0 Å². The minimum absolute atomic E-state index is 1.11. The molecule has 0 bridgehead atoms. The molecule has 0 heteroatoms. The number of fused-ring (bicyclic) bond motifs is 5. The fourth-order valence-corrected chi connectivity index (χ4v) is 2.67. The number of rotatable bonds is 0. The van der Waals surface area contributed by atoms with E-state index in [9.17, 15) is 0 Å². The Morgan fingerprint density at radius 3 is 2.60 bits per heavy atom. The van der Waals surface area contributed by atoms with Gasteiger partial charge in [0.1, 0.15) is 0 Å². The Bertz CT molecular complexity index is 603. The van der Waals surface area contributed by atoms with Crippen LogP contribution in [0.1, 0.15) is 22.3 Å². The molecule has 0 atom stereocenters. The van der Waals surface area contributed by atoms with Gasteiger partial charge in [0, 0.05) is 0 Å². The van der Waals surface area contributed by atoms with Crippen LogP contribution in [0, 0.1) is 0 Å². The summed E-state index contributed by atoms with van der Waals surface area (Å²) in [6.45, 7) is 0. The Kier molecular flexibility index (Phi) is 1.20. The summed E-state index contributed by atoms with van der Waals surface area (Å²) >= 11 is 0. The first-order chi connectivity index (χ1) is 7.43. The molecule has 2 aromatic carbocycles. The van der Waals surface area contributed by atoms with Crippen LogP contribution in [0.5, 0.6) is 0 Å². The Morgan fingerprint density at radius 2 is 1.73 bits per heavy atom. The van der Waals surface area contributed by atoms with Crippen LogP contribution in [-0.4, -0.2) is 0 Å². The van der Waals surface area contributed by atoms with E-state index in [4.69, 9.17) is 0 Å². The molecule has 4 rings (SSSR count). The molecule has 0 amide bonds. The van der Waals surface area contributed by atoms with Gasteiger partial charge in [-0.25, -0.2) is 0 Å². The third kappa shape index (κ3) is 0.822. The van der Waals surface area contributed by atoms with Gasteiger partial charge < -0.3 is 0 Å². The summed E-state index contributed by atoms with van der Waals surface area (Å²) in [5.74, 6) is 0. The van der Waals surface area contributed by atoms with Crippen LogP contribution in [0.3, 0.4) is 0 Å². The predicted molar refractivity (Wildman–Crippen MR) is 63.6 cm³/mol. The molecule has 2 aliphatic carbocycles. The molecule has 70 valence electrons. The zero-order valence-corrected chi connectivity index (χ0v) is 8.33. The van der Waals surface area contributed by atoms with Crippen LogP contribution in [0.25, 0.3) is 23.3 Å². The molecule has 2 aromatic rings. The highest BCUT2D eigenvalue weighted by Crippen LogP contribution is 2.42. The fourth-order valence-electron chi connectivity index (χ4n) is 2.67. The molecule has 2 aliphatic rings. The molecule has 0 aromatic heterocycles. The zero-order valence-electron chi connectivity index (χ0n) is 8.33. The molecule has 0 N–H and O–H groups in total. The molecule has 0 saturated carbocycles. The lowest BCUT2D eigenvalue weighted by molar-refractivity contribution is 1.24. The normalized spacial score (nSPS) is 14.1. The van der Waals surface area contributed by atoms with Crippen molar-refractivity contribution < 1.29 is 0 Å². The third-order valence-corrected chi connectivity index (χ3v) is 3.50. The smallest absolute Gasteiger partial charge is 0.000729 e. The van der Waals surface area contributed by atoms with Gasteiger partial charge in [0.15, 0.2) is 0 Å². The highest BCUT2D eigenvalue weighted by molar-refractivity contribution is 5.93. The molecule has 15 heavy (non-hydrogen) atoms. The van der Waals surface area contributed by atoms with E-state index in [1.165, 1.54) is 33.4 Å². The van der Waals surface area contributed by atoms with Gasteiger partial charge in [0.05, 0.1) is 0 Å². The average molecular weight is 190 g/mol. The molecule has 0 aliphatic heterocycles. The number of hydrogen-bond donors (Lipinski definition) is 0. The average Bonchev–Trinajstić information content (AvgIpc) is 2.56. The standard InChI is InChI=1S/C15H10/c1-2-4-12-11(3-1)9-15-13-7-5-10(13)6-8-14(12)15/h1-8H,9H2. The molecular weight excluding hydrogens is 180 g/mol. The summed E-state index contributed by atoms with van der Waals surface area (Å²) in [6, 6.07) is 13.2. The quantitative estimate of drug-likeness (QED) is 0.396. The summed E-state index contributed by atoms with van der Waals surface area (Å²) in [7, 11) is 0. The topological polar surface area (TPSA) is 0 Å². The minimum Gasteiger partial charge on any atom is -0.0619 e. The van der Waals surface area contributed by atoms with Crippen molar-refractivity contribution in [1.29, 1.82) is 0 Å². The molecule has 0 spiro atoms. The van der Waals surface area contributed by atoms with E-state index in [0.717, 1.165) is 6.42 Å². The van der Waals surface area contributed by atoms with E-state index in [1.807, 2.05) is 0 Å². The van der Waals surface area contributed by atoms with Gasteiger partial charge in [-0.1, -0.05) is 48.6 Å². The van der Waals surface area contributed by atoms with Crippen molar-refractivity contribution in [1.82, 2.24) is 0 Å². The van der Waals surface area contributed by atoms with Crippen LogP contribution in [0.15, 0.2) is 36.4 Å². The Hall–Kier alpha value is -1.82. The molecule has 0 unspecified atom stereocenters. The second-order valence-electron chi connectivity index (χ2n) is 4.26. The summed E-state index contributed by atoms with van der Waals surface area (Å²) in [4.78, 5) is 0. The molecular formula is C15H10. The van der Waals surface area contributed by atoms with Crippen molar-refractivity contribution in [2.24, 2.45) is 0 Å². The molecule has 0 radical (unpaired) electrons. The third-order valence-electron chi connectivity index (χ3n) is 3.50. The van der Waals surface area contributed by atoms with Crippen molar-refractivity contribution in [3.8, 4) is 11.1 Å². The summed E-state index contributed by atoms with van der Waals surface area (Å²) in [6.07, 6.45) is 5.54. The highest BCUT2D eigenvalue weighted by atomic mass is 14.3. The lowest BCUT2D eigenvalue weighted by Gasteiger charge is -2.14. The van der Waals surface area contributed by atoms with Gasteiger partial charge in [0.25, 0.3) is 0 Å². The van der Waals surface area contributed by atoms with Gasteiger partial charge in [-0.3, -0.25) is 0 Å². The van der Waals surface area contributed by atoms with E-state index in [2.05, 4.69) is 48.6 Å². The van der Waals surface area contributed by atoms with Crippen molar-refractivity contribution in [2.75, 3.05) is 0 Å². The molecule has 0 fully saturated rings. The first kappa shape index (κ1) is 7.47. The number of benzene rings is 2. The van der Waals surface area contributed by atoms with Crippen LogP contribution in [0.2, 0.25) is 0 Å². The molecule has 0 heterocycles. The van der Waals surface area contributed by atoms with Crippen LogP contribution in [0.4, 0.5) is 0 Å².